The van der Waals surface area contributed by atoms with Gasteiger partial charge in [-0.2, -0.15) is 0 Å². The first-order valence-electron chi connectivity index (χ1n) is 7.06. The van der Waals surface area contributed by atoms with Gasteiger partial charge in [0.2, 0.25) is 0 Å². The van der Waals surface area contributed by atoms with Gasteiger partial charge >= 0.3 is 0 Å². The van der Waals surface area contributed by atoms with E-state index in [4.69, 9.17) is 0 Å². The number of aryl methyl sites for hydroxylation is 1. The molecule has 2 unspecified atom stereocenters. The lowest BCUT2D eigenvalue weighted by atomic mass is 9.94. The second-order valence-corrected chi connectivity index (χ2v) is 6.55. The van der Waals surface area contributed by atoms with Crippen molar-refractivity contribution in [3.05, 3.63) is 21.9 Å². The fourth-order valence-corrected chi connectivity index (χ4v) is 3.99. The van der Waals surface area contributed by atoms with E-state index in [2.05, 4.69) is 31.4 Å². The van der Waals surface area contributed by atoms with Crippen molar-refractivity contribution in [1.82, 2.24) is 5.32 Å². The summed E-state index contributed by atoms with van der Waals surface area (Å²) < 4.78 is 0. The SMILES string of the molecule is CCc1ccc(CC2CCCCC(NC)C2)s1. The van der Waals surface area contributed by atoms with Gasteiger partial charge in [-0.15, -0.1) is 11.3 Å². The first kappa shape index (κ1) is 13.1. The van der Waals surface area contributed by atoms with Crippen LogP contribution in [-0.2, 0) is 12.8 Å². The maximum absolute atomic E-state index is 3.48. The van der Waals surface area contributed by atoms with Crippen LogP contribution in [0.3, 0.4) is 0 Å². The third-order valence-corrected chi connectivity index (χ3v) is 5.25. The molecule has 17 heavy (non-hydrogen) atoms. The molecule has 1 N–H and O–H groups in total. The van der Waals surface area contributed by atoms with Crippen LogP contribution in [0.1, 0.15) is 48.8 Å². The van der Waals surface area contributed by atoms with Gasteiger partial charge < -0.3 is 5.32 Å². The Balaban J connectivity index is 1.92. The first-order chi connectivity index (χ1) is 8.31. The molecule has 0 amide bonds. The summed E-state index contributed by atoms with van der Waals surface area (Å²) in [5.41, 5.74) is 0. The average molecular weight is 251 g/mol. The van der Waals surface area contributed by atoms with E-state index in [9.17, 15) is 0 Å². The second-order valence-electron chi connectivity index (χ2n) is 5.30. The van der Waals surface area contributed by atoms with Gasteiger partial charge in [0.1, 0.15) is 0 Å². The van der Waals surface area contributed by atoms with Crippen molar-refractivity contribution in [1.29, 1.82) is 0 Å². The Morgan fingerprint density at radius 1 is 1.24 bits per heavy atom. The summed E-state index contributed by atoms with van der Waals surface area (Å²) in [4.78, 5) is 3.14. The molecule has 1 aromatic heterocycles. The maximum Gasteiger partial charge on any atom is 0.00668 e. The van der Waals surface area contributed by atoms with Gasteiger partial charge in [-0.25, -0.2) is 0 Å². The van der Waals surface area contributed by atoms with E-state index in [1.807, 2.05) is 11.3 Å². The van der Waals surface area contributed by atoms with E-state index in [0.29, 0.717) is 0 Å². The molecule has 0 bridgehead atoms. The quantitative estimate of drug-likeness (QED) is 0.797. The standard InChI is InChI=1S/C15H25NS/c1-3-14-8-9-15(17-14)11-12-6-4-5-7-13(10-12)16-2/h8-9,12-13,16H,3-7,10-11H2,1-2H3. The minimum atomic E-state index is 0.758. The second kappa shape index (κ2) is 6.55. The minimum absolute atomic E-state index is 0.758. The van der Waals surface area contributed by atoms with Crippen LogP contribution < -0.4 is 5.32 Å². The highest BCUT2D eigenvalue weighted by molar-refractivity contribution is 7.11. The predicted molar refractivity (Wildman–Crippen MR) is 76.8 cm³/mol. The highest BCUT2D eigenvalue weighted by atomic mass is 32.1. The van der Waals surface area contributed by atoms with Gasteiger partial charge in [-0.05, 0) is 50.8 Å². The molecule has 1 nitrogen and oxygen atoms in total. The Bertz CT molecular complexity index is 331. The minimum Gasteiger partial charge on any atom is -0.317 e. The molecule has 2 heteroatoms. The molecule has 96 valence electrons. The van der Waals surface area contributed by atoms with Crippen molar-refractivity contribution in [2.75, 3.05) is 7.05 Å². The van der Waals surface area contributed by atoms with E-state index in [0.717, 1.165) is 12.0 Å². The molecule has 1 saturated carbocycles. The summed E-state index contributed by atoms with van der Waals surface area (Å²) >= 11 is 2.02. The summed E-state index contributed by atoms with van der Waals surface area (Å²) in [7, 11) is 2.12. The van der Waals surface area contributed by atoms with Crippen molar-refractivity contribution in [2.45, 2.75) is 57.9 Å². The molecule has 0 aromatic carbocycles. The van der Waals surface area contributed by atoms with E-state index < -0.39 is 0 Å². The molecule has 0 saturated heterocycles. The van der Waals surface area contributed by atoms with Crippen molar-refractivity contribution >= 4 is 11.3 Å². The van der Waals surface area contributed by atoms with Gasteiger partial charge in [0.25, 0.3) is 0 Å². The molecular formula is C15H25NS. The van der Waals surface area contributed by atoms with Gasteiger partial charge in [-0.3, -0.25) is 0 Å². The van der Waals surface area contributed by atoms with Crippen molar-refractivity contribution in [3.8, 4) is 0 Å². The molecule has 1 heterocycles. The van der Waals surface area contributed by atoms with Crippen LogP contribution in [0.4, 0.5) is 0 Å². The molecular weight excluding hydrogens is 226 g/mol. The van der Waals surface area contributed by atoms with Crippen molar-refractivity contribution in [3.63, 3.8) is 0 Å². The molecule has 0 radical (unpaired) electrons. The fraction of sp³-hybridized carbons (Fsp3) is 0.733. The predicted octanol–water partition coefficient (Wildman–Crippen LogP) is 4.02. The Morgan fingerprint density at radius 3 is 2.71 bits per heavy atom. The van der Waals surface area contributed by atoms with E-state index in [-0.39, 0.29) is 0 Å². The molecule has 1 fully saturated rings. The van der Waals surface area contributed by atoms with Crippen molar-refractivity contribution in [2.24, 2.45) is 5.92 Å². The lowest BCUT2D eigenvalue weighted by Gasteiger charge is -2.18. The Labute approximate surface area is 110 Å². The van der Waals surface area contributed by atoms with E-state index in [1.54, 1.807) is 9.75 Å². The normalized spacial score (nSPS) is 25.8. The molecule has 0 spiro atoms. The summed E-state index contributed by atoms with van der Waals surface area (Å²) in [5, 5.41) is 3.48. The average Bonchev–Trinajstić information content (AvgIpc) is 2.67. The summed E-state index contributed by atoms with van der Waals surface area (Å²) in [6, 6.07) is 5.42. The van der Waals surface area contributed by atoms with Gasteiger partial charge in [0.15, 0.2) is 0 Å². The fourth-order valence-electron chi connectivity index (χ4n) is 2.92. The molecule has 2 rings (SSSR count). The lowest BCUT2D eigenvalue weighted by molar-refractivity contribution is 0.402. The molecule has 2 atom stereocenters. The monoisotopic (exact) mass is 251 g/mol. The van der Waals surface area contributed by atoms with Crippen LogP contribution in [0.25, 0.3) is 0 Å². The number of nitrogens with one attached hydrogen (secondary N) is 1. The van der Waals surface area contributed by atoms with Gasteiger partial charge in [-0.1, -0.05) is 26.2 Å². The van der Waals surface area contributed by atoms with Crippen molar-refractivity contribution < 1.29 is 0 Å². The highest BCUT2D eigenvalue weighted by Gasteiger charge is 2.19. The first-order valence-corrected chi connectivity index (χ1v) is 7.88. The maximum atomic E-state index is 3.48. The molecule has 1 aromatic rings. The topological polar surface area (TPSA) is 12.0 Å². The number of thiophene rings is 1. The molecule has 0 aliphatic heterocycles. The van der Waals surface area contributed by atoms with Gasteiger partial charge in [0, 0.05) is 15.8 Å². The Kier molecular flexibility index (Phi) is 5.05. The number of hydrogen-bond donors (Lipinski definition) is 1. The van der Waals surface area contributed by atoms with Crippen LogP contribution in [0, 0.1) is 5.92 Å². The molecule has 1 aliphatic carbocycles. The van der Waals surface area contributed by atoms with Crippen LogP contribution in [0.15, 0.2) is 12.1 Å². The van der Waals surface area contributed by atoms with Crippen LogP contribution in [0.5, 0.6) is 0 Å². The van der Waals surface area contributed by atoms with E-state index in [1.165, 1.54) is 44.9 Å². The zero-order chi connectivity index (χ0) is 12.1. The highest BCUT2D eigenvalue weighted by Crippen LogP contribution is 2.29. The number of rotatable bonds is 4. The lowest BCUT2D eigenvalue weighted by Crippen LogP contribution is -2.26. The smallest absolute Gasteiger partial charge is 0.00668 e. The Morgan fingerprint density at radius 2 is 2.00 bits per heavy atom. The largest absolute Gasteiger partial charge is 0.317 e. The van der Waals surface area contributed by atoms with Crippen LogP contribution in [-0.4, -0.2) is 13.1 Å². The summed E-state index contributed by atoms with van der Waals surface area (Å²) in [6.07, 6.45) is 9.50. The zero-order valence-electron chi connectivity index (χ0n) is 11.2. The molecule has 1 aliphatic rings. The number of hydrogen-bond acceptors (Lipinski definition) is 2. The third-order valence-electron chi connectivity index (χ3n) is 4.00. The van der Waals surface area contributed by atoms with Gasteiger partial charge in [0.05, 0.1) is 0 Å². The van der Waals surface area contributed by atoms with E-state index >= 15 is 0 Å². The summed E-state index contributed by atoms with van der Waals surface area (Å²) in [6.45, 7) is 2.25. The Hall–Kier alpha value is -0.340. The third kappa shape index (κ3) is 3.82. The zero-order valence-corrected chi connectivity index (χ0v) is 12.0. The van der Waals surface area contributed by atoms with Crippen LogP contribution in [0.2, 0.25) is 0 Å². The summed E-state index contributed by atoms with van der Waals surface area (Å²) in [5.74, 6) is 0.901. The van der Waals surface area contributed by atoms with Crippen LogP contribution >= 0.6 is 11.3 Å².